The summed E-state index contributed by atoms with van der Waals surface area (Å²) in [5, 5.41) is 2.72. The molecule has 0 atom stereocenters. The van der Waals surface area contributed by atoms with Crippen molar-refractivity contribution in [3.63, 3.8) is 0 Å². The van der Waals surface area contributed by atoms with Gasteiger partial charge in [0, 0.05) is 0 Å². The molecule has 94 valence electrons. The topological polar surface area (TPSA) is 79.6 Å². The molecular weight excluding hydrogens is 261 g/mol. The normalized spacial score (nSPS) is 12.2. The summed E-state index contributed by atoms with van der Waals surface area (Å²) in [4.78, 5) is -0.219. The molecule has 1 aromatic rings. The molecule has 0 aliphatic rings. The van der Waals surface area contributed by atoms with Gasteiger partial charge in [-0.3, -0.25) is 0 Å². The molecule has 0 unspecified atom stereocenters. The van der Waals surface area contributed by atoms with Crippen molar-refractivity contribution < 1.29 is 26.3 Å². The SMILES string of the molecule is N=NCS(=O)(=O)c1ccc(OC(F)(F)F)cc1. The lowest BCUT2D eigenvalue weighted by Gasteiger charge is -2.08. The Bertz CT molecular complexity index is 496. The predicted molar refractivity (Wildman–Crippen MR) is 50.3 cm³/mol. The van der Waals surface area contributed by atoms with E-state index >= 15 is 0 Å². The molecular formula is C8H7F3N2O3S. The first kappa shape index (κ1) is 13.4. The molecule has 0 aromatic heterocycles. The Morgan fingerprint density at radius 1 is 1.24 bits per heavy atom. The van der Waals surface area contributed by atoms with Crippen LogP contribution in [0.3, 0.4) is 0 Å². The Kier molecular flexibility index (Phi) is 3.71. The second kappa shape index (κ2) is 4.70. The summed E-state index contributed by atoms with van der Waals surface area (Å²) >= 11 is 0. The third-order valence-electron chi connectivity index (χ3n) is 1.65. The highest BCUT2D eigenvalue weighted by molar-refractivity contribution is 7.91. The Morgan fingerprint density at radius 2 is 1.76 bits per heavy atom. The summed E-state index contributed by atoms with van der Waals surface area (Å²) in [5.41, 5.74) is 6.44. The minimum absolute atomic E-state index is 0.219. The third-order valence-corrected chi connectivity index (χ3v) is 3.11. The van der Waals surface area contributed by atoms with Gasteiger partial charge in [0.1, 0.15) is 5.75 Å². The maximum absolute atomic E-state index is 11.8. The largest absolute Gasteiger partial charge is 0.573 e. The average molecular weight is 268 g/mol. The second-order valence-corrected chi connectivity index (χ2v) is 4.88. The summed E-state index contributed by atoms with van der Waals surface area (Å²) in [7, 11) is -3.76. The molecule has 0 heterocycles. The van der Waals surface area contributed by atoms with E-state index in [2.05, 4.69) is 9.85 Å². The number of hydrogen-bond acceptors (Lipinski definition) is 5. The number of alkyl halides is 3. The van der Waals surface area contributed by atoms with Crippen LogP contribution < -0.4 is 4.74 Å². The van der Waals surface area contributed by atoms with E-state index in [1.165, 1.54) is 0 Å². The number of nitrogens with one attached hydrogen (secondary N) is 1. The van der Waals surface area contributed by atoms with Crippen LogP contribution in [0, 0.1) is 5.53 Å². The lowest BCUT2D eigenvalue weighted by Crippen LogP contribution is -2.17. The zero-order valence-electron chi connectivity index (χ0n) is 8.23. The van der Waals surface area contributed by atoms with E-state index in [-0.39, 0.29) is 4.90 Å². The number of sulfone groups is 1. The Labute approximate surface area is 94.6 Å². The van der Waals surface area contributed by atoms with Gasteiger partial charge in [-0.15, -0.1) is 13.2 Å². The lowest BCUT2D eigenvalue weighted by molar-refractivity contribution is -0.274. The van der Waals surface area contributed by atoms with Crippen molar-refractivity contribution in [2.75, 3.05) is 5.88 Å². The molecule has 0 spiro atoms. The summed E-state index contributed by atoms with van der Waals surface area (Å²) in [5.74, 6) is -1.26. The van der Waals surface area contributed by atoms with Crippen LogP contribution >= 0.6 is 0 Å². The first-order valence-corrected chi connectivity index (χ1v) is 5.81. The molecule has 0 saturated carbocycles. The van der Waals surface area contributed by atoms with Crippen molar-refractivity contribution in [3.8, 4) is 5.75 Å². The highest BCUT2D eigenvalue weighted by atomic mass is 32.2. The van der Waals surface area contributed by atoms with Crippen LogP contribution in [0.25, 0.3) is 0 Å². The number of benzene rings is 1. The maximum atomic E-state index is 11.8. The highest BCUT2D eigenvalue weighted by Crippen LogP contribution is 2.24. The first-order chi connectivity index (χ1) is 7.74. The van der Waals surface area contributed by atoms with Crippen molar-refractivity contribution in [3.05, 3.63) is 24.3 Å². The van der Waals surface area contributed by atoms with Crippen LogP contribution in [-0.4, -0.2) is 20.7 Å². The van der Waals surface area contributed by atoms with Crippen molar-refractivity contribution in [1.82, 2.24) is 0 Å². The van der Waals surface area contributed by atoms with Gasteiger partial charge in [0.15, 0.2) is 15.7 Å². The third kappa shape index (κ3) is 4.02. The van der Waals surface area contributed by atoms with E-state index in [1.807, 2.05) is 0 Å². The van der Waals surface area contributed by atoms with Gasteiger partial charge in [0.25, 0.3) is 0 Å². The Hall–Kier alpha value is -1.64. The van der Waals surface area contributed by atoms with Gasteiger partial charge < -0.3 is 4.74 Å². The van der Waals surface area contributed by atoms with Gasteiger partial charge in [-0.1, -0.05) is 0 Å². The minimum atomic E-state index is -4.82. The van der Waals surface area contributed by atoms with E-state index in [0.717, 1.165) is 24.3 Å². The van der Waals surface area contributed by atoms with Crippen LogP contribution in [0.4, 0.5) is 13.2 Å². The molecule has 9 heteroatoms. The molecule has 0 amide bonds. The van der Waals surface area contributed by atoms with E-state index < -0.39 is 27.8 Å². The van der Waals surface area contributed by atoms with Gasteiger partial charge in [-0.2, -0.15) is 5.11 Å². The van der Waals surface area contributed by atoms with E-state index in [1.54, 1.807) is 0 Å². The average Bonchev–Trinajstić information content (AvgIpc) is 2.15. The molecule has 5 nitrogen and oxygen atoms in total. The molecule has 1 N–H and O–H groups in total. The first-order valence-electron chi connectivity index (χ1n) is 4.16. The zero-order chi connectivity index (χ0) is 13.1. The van der Waals surface area contributed by atoms with Crippen LogP contribution in [0.5, 0.6) is 5.75 Å². The zero-order valence-corrected chi connectivity index (χ0v) is 9.05. The van der Waals surface area contributed by atoms with Crippen molar-refractivity contribution in [2.24, 2.45) is 5.11 Å². The number of halogens is 3. The Balaban J connectivity index is 2.93. The van der Waals surface area contributed by atoms with Gasteiger partial charge >= 0.3 is 6.36 Å². The highest BCUT2D eigenvalue weighted by Gasteiger charge is 2.31. The lowest BCUT2D eigenvalue weighted by atomic mass is 10.3. The van der Waals surface area contributed by atoms with E-state index in [0.29, 0.717) is 0 Å². The van der Waals surface area contributed by atoms with Gasteiger partial charge in [0.05, 0.1) is 4.90 Å². The fraction of sp³-hybridized carbons (Fsp3) is 0.250. The van der Waals surface area contributed by atoms with Crippen LogP contribution in [0.1, 0.15) is 0 Å². The van der Waals surface area contributed by atoms with Gasteiger partial charge in [-0.25, -0.2) is 13.9 Å². The maximum Gasteiger partial charge on any atom is 0.573 e. The molecule has 0 bridgehead atoms. The number of nitrogens with zero attached hydrogens (tertiary/aromatic N) is 1. The second-order valence-electron chi connectivity index (χ2n) is 2.92. The fourth-order valence-corrected chi connectivity index (χ4v) is 1.88. The monoisotopic (exact) mass is 268 g/mol. The predicted octanol–water partition coefficient (Wildman–Crippen LogP) is 2.35. The summed E-state index contributed by atoms with van der Waals surface area (Å²) in [6, 6.07) is 3.68. The summed E-state index contributed by atoms with van der Waals surface area (Å²) < 4.78 is 61.7. The van der Waals surface area contributed by atoms with Crippen LogP contribution in [-0.2, 0) is 9.84 Å². The summed E-state index contributed by atoms with van der Waals surface area (Å²) in [6.45, 7) is 0. The smallest absolute Gasteiger partial charge is 0.406 e. The summed E-state index contributed by atoms with van der Waals surface area (Å²) in [6.07, 6.45) is -4.82. The van der Waals surface area contributed by atoms with Gasteiger partial charge in [-0.05, 0) is 24.3 Å². The van der Waals surface area contributed by atoms with Gasteiger partial charge in [0.2, 0.25) is 0 Å². The molecule has 0 aliphatic carbocycles. The molecule has 1 aromatic carbocycles. The number of hydrogen-bond donors (Lipinski definition) is 1. The minimum Gasteiger partial charge on any atom is -0.406 e. The van der Waals surface area contributed by atoms with Crippen LogP contribution in [0.15, 0.2) is 34.3 Å². The van der Waals surface area contributed by atoms with E-state index in [9.17, 15) is 21.6 Å². The van der Waals surface area contributed by atoms with Crippen LogP contribution in [0.2, 0.25) is 0 Å². The van der Waals surface area contributed by atoms with Crippen molar-refractivity contribution in [2.45, 2.75) is 11.3 Å². The van der Waals surface area contributed by atoms with Crippen molar-refractivity contribution in [1.29, 1.82) is 5.53 Å². The van der Waals surface area contributed by atoms with E-state index in [4.69, 9.17) is 5.53 Å². The number of rotatable bonds is 4. The number of ether oxygens (including phenoxy) is 1. The molecule has 1 rings (SSSR count). The molecule has 0 fully saturated rings. The fourth-order valence-electron chi connectivity index (χ4n) is 1.01. The Morgan fingerprint density at radius 3 is 2.18 bits per heavy atom. The molecule has 0 saturated heterocycles. The quantitative estimate of drug-likeness (QED) is 0.851. The van der Waals surface area contributed by atoms with Crippen molar-refractivity contribution >= 4 is 9.84 Å². The molecule has 0 aliphatic heterocycles. The standard InChI is InChI=1S/C8H7F3N2O3S/c9-8(10,11)16-6-1-3-7(4-2-6)17(14,15)5-13-12/h1-4,12H,5H2. The molecule has 0 radical (unpaired) electrons. The molecule has 17 heavy (non-hydrogen) atoms.